The Labute approximate surface area is 150 Å². The quantitative estimate of drug-likeness (QED) is 0.829. The highest BCUT2D eigenvalue weighted by molar-refractivity contribution is 5.92. The Kier molecular flexibility index (Phi) is 5.18. The Morgan fingerprint density at radius 2 is 2.04 bits per heavy atom. The molecule has 0 bridgehead atoms. The van der Waals surface area contributed by atoms with Gasteiger partial charge in [-0.1, -0.05) is 25.1 Å². The molecule has 2 fully saturated rings. The molecule has 1 atom stereocenters. The molecule has 3 heterocycles. The first-order valence-corrected chi connectivity index (χ1v) is 9.66. The number of hydrogen-bond acceptors (Lipinski definition) is 4. The molecule has 2 aliphatic heterocycles. The second-order valence-corrected chi connectivity index (χ2v) is 7.25. The lowest BCUT2D eigenvalue weighted by Gasteiger charge is -2.34. The van der Waals surface area contributed by atoms with Gasteiger partial charge in [-0.3, -0.25) is 4.98 Å². The number of rotatable bonds is 5. The predicted molar refractivity (Wildman–Crippen MR) is 101 cm³/mol. The summed E-state index contributed by atoms with van der Waals surface area (Å²) in [7, 11) is 0. The number of benzene rings is 1. The van der Waals surface area contributed by atoms with Crippen molar-refractivity contribution in [3.05, 3.63) is 36.0 Å². The first kappa shape index (κ1) is 16.8. The fourth-order valence-electron chi connectivity index (χ4n) is 3.90. The van der Waals surface area contributed by atoms with E-state index in [4.69, 9.17) is 14.5 Å². The van der Waals surface area contributed by atoms with Gasteiger partial charge in [-0.05, 0) is 37.8 Å². The maximum absolute atomic E-state index is 6.16. The number of nitrogens with zero attached hydrogens (tertiary/aromatic N) is 2. The minimum atomic E-state index is 0.399. The number of aromatic nitrogens is 1. The molecule has 2 saturated heterocycles. The van der Waals surface area contributed by atoms with Crippen molar-refractivity contribution in [1.29, 1.82) is 0 Å². The Morgan fingerprint density at radius 3 is 2.80 bits per heavy atom. The summed E-state index contributed by atoms with van der Waals surface area (Å²) in [6.45, 7) is 6.94. The van der Waals surface area contributed by atoms with E-state index in [1.807, 2.05) is 0 Å². The average molecular weight is 340 g/mol. The van der Waals surface area contributed by atoms with E-state index in [9.17, 15) is 0 Å². The van der Waals surface area contributed by atoms with Crippen molar-refractivity contribution in [2.45, 2.75) is 38.7 Å². The van der Waals surface area contributed by atoms with Crippen LogP contribution >= 0.6 is 0 Å². The molecule has 0 amide bonds. The SMILES string of the molecule is CCc1cc(N2CCC(OCC3CCOC3)CC2)c2ccccc2n1. The Balaban J connectivity index is 1.42. The minimum Gasteiger partial charge on any atom is -0.381 e. The molecule has 2 aliphatic rings. The summed E-state index contributed by atoms with van der Waals surface area (Å²) >= 11 is 0. The lowest BCUT2D eigenvalue weighted by molar-refractivity contribution is 0.0132. The van der Waals surface area contributed by atoms with E-state index in [0.717, 1.165) is 64.1 Å². The van der Waals surface area contributed by atoms with Crippen molar-refractivity contribution < 1.29 is 9.47 Å². The van der Waals surface area contributed by atoms with Crippen molar-refractivity contribution in [3.63, 3.8) is 0 Å². The van der Waals surface area contributed by atoms with Crippen LogP contribution in [0.4, 0.5) is 5.69 Å². The zero-order chi connectivity index (χ0) is 17.1. The molecule has 0 radical (unpaired) electrons. The van der Waals surface area contributed by atoms with Crippen LogP contribution in [-0.2, 0) is 15.9 Å². The van der Waals surface area contributed by atoms with Crippen molar-refractivity contribution in [1.82, 2.24) is 4.98 Å². The first-order valence-electron chi connectivity index (χ1n) is 9.66. The number of piperidine rings is 1. The Morgan fingerprint density at radius 1 is 1.20 bits per heavy atom. The fourth-order valence-corrected chi connectivity index (χ4v) is 3.90. The summed E-state index contributed by atoms with van der Waals surface area (Å²) < 4.78 is 11.6. The Bertz CT molecular complexity index is 704. The smallest absolute Gasteiger partial charge is 0.0726 e. The van der Waals surface area contributed by atoms with Crippen LogP contribution in [-0.4, -0.2) is 44.0 Å². The molecule has 2 aromatic rings. The van der Waals surface area contributed by atoms with Crippen molar-refractivity contribution in [2.75, 3.05) is 37.8 Å². The maximum Gasteiger partial charge on any atom is 0.0726 e. The molecule has 0 N–H and O–H groups in total. The van der Waals surface area contributed by atoms with Crippen LogP contribution in [0.5, 0.6) is 0 Å². The third-order valence-corrected chi connectivity index (χ3v) is 5.48. The molecule has 4 heteroatoms. The molecule has 1 aromatic carbocycles. The fraction of sp³-hybridized carbons (Fsp3) is 0.571. The van der Waals surface area contributed by atoms with Gasteiger partial charge in [-0.15, -0.1) is 0 Å². The van der Waals surface area contributed by atoms with Gasteiger partial charge in [0, 0.05) is 42.4 Å². The number of fused-ring (bicyclic) bond motifs is 1. The molecule has 1 unspecified atom stereocenters. The van der Waals surface area contributed by atoms with E-state index in [1.165, 1.54) is 16.8 Å². The molecular formula is C21H28N2O2. The molecule has 134 valence electrons. The van der Waals surface area contributed by atoms with Gasteiger partial charge in [0.25, 0.3) is 0 Å². The first-order chi connectivity index (χ1) is 12.3. The second kappa shape index (κ2) is 7.71. The van der Waals surface area contributed by atoms with Gasteiger partial charge < -0.3 is 14.4 Å². The second-order valence-electron chi connectivity index (χ2n) is 7.25. The monoisotopic (exact) mass is 340 g/mol. The zero-order valence-electron chi connectivity index (χ0n) is 15.1. The van der Waals surface area contributed by atoms with Crippen LogP contribution in [0.2, 0.25) is 0 Å². The molecule has 25 heavy (non-hydrogen) atoms. The predicted octanol–water partition coefficient (Wildman–Crippen LogP) is 3.82. The molecule has 0 saturated carbocycles. The number of anilines is 1. The van der Waals surface area contributed by atoms with E-state index < -0.39 is 0 Å². The maximum atomic E-state index is 6.16. The highest BCUT2D eigenvalue weighted by Crippen LogP contribution is 2.30. The summed E-state index contributed by atoms with van der Waals surface area (Å²) in [6, 6.07) is 10.8. The lowest BCUT2D eigenvalue weighted by atomic mass is 10.0. The summed E-state index contributed by atoms with van der Waals surface area (Å²) in [6.07, 6.45) is 4.73. The number of ether oxygens (including phenoxy) is 2. The normalized spacial score (nSPS) is 22.0. The van der Waals surface area contributed by atoms with Crippen LogP contribution in [0, 0.1) is 5.92 Å². The molecule has 0 aliphatic carbocycles. The Hall–Kier alpha value is -1.65. The van der Waals surface area contributed by atoms with Gasteiger partial charge in [0.05, 0.1) is 24.8 Å². The van der Waals surface area contributed by atoms with Crippen LogP contribution in [0.3, 0.4) is 0 Å². The van der Waals surface area contributed by atoms with E-state index in [-0.39, 0.29) is 0 Å². The largest absolute Gasteiger partial charge is 0.381 e. The van der Waals surface area contributed by atoms with E-state index in [1.54, 1.807) is 0 Å². The van der Waals surface area contributed by atoms with Crippen molar-refractivity contribution in [2.24, 2.45) is 5.92 Å². The topological polar surface area (TPSA) is 34.6 Å². The lowest BCUT2D eigenvalue weighted by Crippen LogP contribution is -2.37. The molecule has 4 nitrogen and oxygen atoms in total. The standard InChI is InChI=1S/C21H28N2O2/c1-2-17-13-21(19-5-3-4-6-20(19)22-17)23-10-7-18(8-11-23)25-15-16-9-12-24-14-16/h3-6,13,16,18H,2,7-12,14-15H2,1H3. The minimum absolute atomic E-state index is 0.399. The van der Waals surface area contributed by atoms with Gasteiger partial charge in [-0.2, -0.15) is 0 Å². The average Bonchev–Trinajstić information content (AvgIpc) is 3.19. The van der Waals surface area contributed by atoms with Crippen LogP contribution in [0.1, 0.15) is 31.9 Å². The van der Waals surface area contributed by atoms with Crippen LogP contribution in [0.15, 0.2) is 30.3 Å². The number of hydrogen-bond donors (Lipinski definition) is 0. The van der Waals surface area contributed by atoms with Gasteiger partial charge in [0.2, 0.25) is 0 Å². The third-order valence-electron chi connectivity index (χ3n) is 5.48. The summed E-state index contributed by atoms with van der Waals surface area (Å²) in [5.74, 6) is 0.606. The number of aryl methyl sites for hydroxylation is 1. The molecule has 4 rings (SSSR count). The number of para-hydroxylation sites is 1. The zero-order valence-corrected chi connectivity index (χ0v) is 15.1. The van der Waals surface area contributed by atoms with Crippen molar-refractivity contribution in [3.8, 4) is 0 Å². The van der Waals surface area contributed by atoms with Gasteiger partial charge in [-0.25, -0.2) is 0 Å². The van der Waals surface area contributed by atoms with E-state index >= 15 is 0 Å². The third kappa shape index (κ3) is 3.80. The molecular weight excluding hydrogens is 312 g/mol. The van der Waals surface area contributed by atoms with Gasteiger partial charge >= 0.3 is 0 Å². The van der Waals surface area contributed by atoms with E-state index in [0.29, 0.717) is 12.0 Å². The molecule has 1 aromatic heterocycles. The molecule has 0 spiro atoms. The summed E-state index contributed by atoms with van der Waals surface area (Å²) in [4.78, 5) is 7.29. The summed E-state index contributed by atoms with van der Waals surface area (Å²) in [5, 5.41) is 1.27. The van der Waals surface area contributed by atoms with Crippen molar-refractivity contribution >= 4 is 16.6 Å². The van der Waals surface area contributed by atoms with E-state index in [2.05, 4.69) is 42.2 Å². The van der Waals surface area contributed by atoms with Crippen LogP contribution < -0.4 is 4.90 Å². The van der Waals surface area contributed by atoms with Crippen LogP contribution in [0.25, 0.3) is 10.9 Å². The van der Waals surface area contributed by atoms with Gasteiger partial charge in [0.15, 0.2) is 0 Å². The number of pyridine rings is 1. The summed E-state index contributed by atoms with van der Waals surface area (Å²) in [5.41, 5.74) is 3.62. The highest BCUT2D eigenvalue weighted by Gasteiger charge is 2.24. The van der Waals surface area contributed by atoms with Gasteiger partial charge in [0.1, 0.15) is 0 Å². The highest BCUT2D eigenvalue weighted by atomic mass is 16.5.